The lowest BCUT2D eigenvalue weighted by molar-refractivity contribution is 1.12. The summed E-state index contributed by atoms with van der Waals surface area (Å²) in [7, 11) is 0. The van der Waals surface area contributed by atoms with Gasteiger partial charge in [-0.25, -0.2) is 0 Å². The predicted molar refractivity (Wildman–Crippen MR) is 119 cm³/mol. The van der Waals surface area contributed by atoms with Crippen LogP contribution in [0.5, 0.6) is 0 Å². The molecule has 0 radical (unpaired) electrons. The number of aryl methyl sites for hydroxylation is 2. The lowest BCUT2D eigenvalue weighted by atomic mass is 9.94. The molecule has 0 aliphatic carbocycles. The Labute approximate surface area is 163 Å². The fraction of sp³-hybridized carbons (Fsp3) is 0.240. The Morgan fingerprint density at radius 1 is 1.07 bits per heavy atom. The zero-order chi connectivity index (χ0) is 19.8. The number of hydrazone groups is 1. The molecule has 0 aromatic heterocycles. The molecule has 2 nitrogen and oxygen atoms in total. The standard InChI is InChI=1S/C25H30N2/c1-6-21-11-13-24(14-12-21)23(7-2)17-25(20(5)27-26)19(4)16-22-10-8-9-18(3)15-22/h7-15,17H,2,6,16,26H2,1,3-5H3/b23-17+,25-19+,27-20-. The van der Waals surface area contributed by atoms with Crippen LogP contribution in [0.25, 0.3) is 5.57 Å². The second-order valence-electron chi connectivity index (χ2n) is 6.93. The summed E-state index contributed by atoms with van der Waals surface area (Å²) in [5.41, 5.74) is 9.22. The number of nitrogens with two attached hydrogens (primary N) is 1. The molecule has 2 aromatic rings. The Kier molecular flexibility index (Phi) is 7.36. The van der Waals surface area contributed by atoms with Gasteiger partial charge in [-0.1, -0.05) is 79.2 Å². The molecule has 2 heteroatoms. The second kappa shape index (κ2) is 9.72. The Bertz CT molecular complexity index is 881. The molecule has 27 heavy (non-hydrogen) atoms. The summed E-state index contributed by atoms with van der Waals surface area (Å²) in [6.45, 7) is 12.4. The van der Waals surface area contributed by atoms with Gasteiger partial charge in [0.2, 0.25) is 0 Å². The lowest BCUT2D eigenvalue weighted by Crippen LogP contribution is -2.04. The normalized spacial score (nSPS) is 13.3. The van der Waals surface area contributed by atoms with Crippen LogP contribution in [0.1, 0.15) is 43.0 Å². The molecule has 0 spiro atoms. The van der Waals surface area contributed by atoms with Crippen molar-refractivity contribution in [3.63, 3.8) is 0 Å². The fourth-order valence-electron chi connectivity index (χ4n) is 3.18. The van der Waals surface area contributed by atoms with Crippen molar-refractivity contribution in [2.24, 2.45) is 10.9 Å². The van der Waals surface area contributed by atoms with Crippen LogP contribution in [-0.4, -0.2) is 5.71 Å². The lowest BCUT2D eigenvalue weighted by Gasteiger charge is -2.12. The number of hydrogen-bond donors (Lipinski definition) is 1. The van der Waals surface area contributed by atoms with Gasteiger partial charge in [-0.2, -0.15) is 5.10 Å². The molecule has 0 saturated heterocycles. The maximum absolute atomic E-state index is 5.62. The Morgan fingerprint density at radius 3 is 2.33 bits per heavy atom. The fourth-order valence-corrected chi connectivity index (χ4v) is 3.18. The van der Waals surface area contributed by atoms with E-state index in [9.17, 15) is 0 Å². The van der Waals surface area contributed by atoms with E-state index in [0.717, 1.165) is 35.3 Å². The van der Waals surface area contributed by atoms with Gasteiger partial charge >= 0.3 is 0 Å². The first-order valence-electron chi connectivity index (χ1n) is 9.42. The molecule has 0 aliphatic rings. The number of benzene rings is 2. The van der Waals surface area contributed by atoms with Crippen molar-refractivity contribution in [1.29, 1.82) is 0 Å². The van der Waals surface area contributed by atoms with Crippen molar-refractivity contribution in [2.45, 2.75) is 40.5 Å². The van der Waals surface area contributed by atoms with E-state index in [-0.39, 0.29) is 0 Å². The maximum Gasteiger partial charge on any atom is 0.0641 e. The Hall–Kier alpha value is -2.87. The molecule has 0 atom stereocenters. The van der Waals surface area contributed by atoms with Crippen LogP contribution < -0.4 is 5.84 Å². The van der Waals surface area contributed by atoms with Gasteiger partial charge < -0.3 is 5.84 Å². The van der Waals surface area contributed by atoms with E-state index in [4.69, 9.17) is 5.84 Å². The number of hydrogen-bond acceptors (Lipinski definition) is 2. The van der Waals surface area contributed by atoms with Crippen LogP contribution in [0.15, 0.2) is 83.5 Å². The highest BCUT2D eigenvalue weighted by Crippen LogP contribution is 2.23. The largest absolute Gasteiger partial charge is 0.323 e. The molecule has 0 bridgehead atoms. The van der Waals surface area contributed by atoms with Gasteiger partial charge in [-0.05, 0) is 67.5 Å². The van der Waals surface area contributed by atoms with E-state index in [1.165, 1.54) is 22.3 Å². The monoisotopic (exact) mass is 358 g/mol. The molecule has 0 fully saturated rings. The third-order valence-electron chi connectivity index (χ3n) is 4.81. The first kappa shape index (κ1) is 20.4. The van der Waals surface area contributed by atoms with Gasteiger partial charge in [0.25, 0.3) is 0 Å². The zero-order valence-corrected chi connectivity index (χ0v) is 16.9. The van der Waals surface area contributed by atoms with Gasteiger partial charge in [-0.15, -0.1) is 0 Å². The maximum atomic E-state index is 5.62. The summed E-state index contributed by atoms with van der Waals surface area (Å²) in [5.74, 6) is 5.62. The van der Waals surface area contributed by atoms with Crippen molar-refractivity contribution in [3.05, 3.63) is 101 Å². The summed E-state index contributed by atoms with van der Waals surface area (Å²) in [4.78, 5) is 0. The van der Waals surface area contributed by atoms with Gasteiger partial charge in [-0.3, -0.25) is 0 Å². The summed E-state index contributed by atoms with van der Waals surface area (Å²) in [6, 6.07) is 17.2. The first-order valence-corrected chi connectivity index (χ1v) is 9.42. The minimum Gasteiger partial charge on any atom is -0.323 e. The summed E-state index contributed by atoms with van der Waals surface area (Å²) >= 11 is 0. The molecule has 2 rings (SSSR count). The molecular formula is C25H30N2. The molecule has 140 valence electrons. The highest BCUT2D eigenvalue weighted by molar-refractivity contribution is 6.03. The highest BCUT2D eigenvalue weighted by Gasteiger charge is 2.08. The minimum atomic E-state index is 0.824. The molecule has 0 unspecified atom stereocenters. The van der Waals surface area contributed by atoms with E-state index in [2.05, 4.69) is 87.1 Å². The summed E-state index contributed by atoms with van der Waals surface area (Å²) in [5, 5.41) is 3.96. The van der Waals surface area contributed by atoms with Crippen molar-refractivity contribution in [1.82, 2.24) is 0 Å². The van der Waals surface area contributed by atoms with Crippen molar-refractivity contribution in [2.75, 3.05) is 0 Å². The molecule has 0 heterocycles. The Balaban J connectivity index is 2.46. The van der Waals surface area contributed by atoms with Crippen LogP contribution in [0.3, 0.4) is 0 Å². The molecular weight excluding hydrogens is 328 g/mol. The molecule has 0 saturated carbocycles. The summed E-state index contributed by atoms with van der Waals surface area (Å²) in [6.07, 6.45) is 5.93. The first-order chi connectivity index (χ1) is 13.0. The van der Waals surface area contributed by atoms with Crippen LogP contribution in [0.2, 0.25) is 0 Å². The minimum absolute atomic E-state index is 0.824. The smallest absolute Gasteiger partial charge is 0.0641 e. The van der Waals surface area contributed by atoms with Gasteiger partial charge in [0, 0.05) is 0 Å². The van der Waals surface area contributed by atoms with Crippen LogP contribution in [0, 0.1) is 6.92 Å². The van der Waals surface area contributed by atoms with Crippen LogP contribution in [0.4, 0.5) is 0 Å². The van der Waals surface area contributed by atoms with E-state index in [1.54, 1.807) is 0 Å². The van der Waals surface area contributed by atoms with Gasteiger partial charge in [0.1, 0.15) is 0 Å². The van der Waals surface area contributed by atoms with Crippen LogP contribution in [-0.2, 0) is 12.8 Å². The average molecular weight is 359 g/mol. The average Bonchev–Trinajstić information content (AvgIpc) is 2.68. The SMILES string of the molecule is C=C\C(=C/C(C(/C)=N\N)=C(/C)Cc1cccc(C)c1)c1ccc(CC)cc1. The molecule has 2 aromatic carbocycles. The van der Waals surface area contributed by atoms with Crippen molar-refractivity contribution in [3.8, 4) is 0 Å². The Morgan fingerprint density at radius 2 is 1.78 bits per heavy atom. The van der Waals surface area contributed by atoms with E-state index >= 15 is 0 Å². The predicted octanol–water partition coefficient (Wildman–Crippen LogP) is 6.02. The molecule has 2 N–H and O–H groups in total. The van der Waals surface area contributed by atoms with Crippen molar-refractivity contribution >= 4 is 11.3 Å². The third-order valence-corrected chi connectivity index (χ3v) is 4.81. The number of rotatable bonds is 7. The van der Waals surface area contributed by atoms with Crippen molar-refractivity contribution < 1.29 is 0 Å². The number of nitrogens with zero attached hydrogens (tertiary/aromatic N) is 1. The topological polar surface area (TPSA) is 38.4 Å². The number of allylic oxidation sites excluding steroid dienone is 5. The quantitative estimate of drug-likeness (QED) is 0.279. The van der Waals surface area contributed by atoms with E-state index < -0.39 is 0 Å². The second-order valence-corrected chi connectivity index (χ2v) is 6.93. The summed E-state index contributed by atoms with van der Waals surface area (Å²) < 4.78 is 0. The molecule has 0 aliphatic heterocycles. The third kappa shape index (κ3) is 5.55. The van der Waals surface area contributed by atoms with E-state index in [0.29, 0.717) is 0 Å². The van der Waals surface area contributed by atoms with Gasteiger partial charge in [0.15, 0.2) is 0 Å². The van der Waals surface area contributed by atoms with Gasteiger partial charge in [0.05, 0.1) is 5.71 Å². The highest BCUT2D eigenvalue weighted by atomic mass is 15.1. The van der Waals surface area contributed by atoms with Crippen LogP contribution >= 0.6 is 0 Å². The molecule has 0 amide bonds. The zero-order valence-electron chi connectivity index (χ0n) is 16.9. The van der Waals surface area contributed by atoms with E-state index in [1.807, 2.05) is 13.0 Å².